The molecule has 26 heavy (non-hydrogen) atoms. The molecule has 2 aromatic carbocycles. The van der Waals surface area contributed by atoms with Crippen LogP contribution in [0, 0.1) is 5.82 Å². The first kappa shape index (κ1) is 18.2. The van der Waals surface area contributed by atoms with E-state index in [1.165, 1.54) is 42.5 Å². The van der Waals surface area contributed by atoms with Gasteiger partial charge in [0.25, 0.3) is 5.91 Å². The quantitative estimate of drug-likeness (QED) is 0.671. The number of amides is 1. The SMILES string of the molecule is O=C(Nc1ccccc1F)c1ccc(S(=O)(=O)c2ccc(Br)cc2)nc1. The topological polar surface area (TPSA) is 76.1 Å². The Bertz CT molecular complexity index is 1050. The van der Waals surface area contributed by atoms with Crippen molar-refractivity contribution < 1.29 is 17.6 Å². The van der Waals surface area contributed by atoms with E-state index in [1.807, 2.05) is 0 Å². The number of anilines is 1. The van der Waals surface area contributed by atoms with E-state index < -0.39 is 21.6 Å². The predicted octanol–water partition coefficient (Wildman–Crippen LogP) is 4.07. The van der Waals surface area contributed by atoms with Gasteiger partial charge in [-0.2, -0.15) is 0 Å². The van der Waals surface area contributed by atoms with E-state index in [1.54, 1.807) is 18.2 Å². The van der Waals surface area contributed by atoms with Crippen molar-refractivity contribution in [2.45, 2.75) is 9.92 Å². The molecule has 0 atom stereocenters. The average molecular weight is 435 g/mol. The summed E-state index contributed by atoms with van der Waals surface area (Å²) in [6, 6.07) is 14.5. The second kappa shape index (κ2) is 7.35. The molecule has 1 amide bonds. The Labute approximate surface area is 158 Å². The smallest absolute Gasteiger partial charge is 0.257 e. The second-order valence-electron chi connectivity index (χ2n) is 5.28. The van der Waals surface area contributed by atoms with Gasteiger partial charge in [0.1, 0.15) is 5.82 Å². The summed E-state index contributed by atoms with van der Waals surface area (Å²) in [4.78, 5) is 16.1. The number of nitrogens with one attached hydrogen (secondary N) is 1. The standard InChI is InChI=1S/C18H12BrFN2O3S/c19-13-6-8-14(9-7-13)26(24,25)17-10-5-12(11-21-17)18(23)22-16-4-2-1-3-15(16)20/h1-11H,(H,22,23). The monoisotopic (exact) mass is 434 g/mol. The van der Waals surface area contributed by atoms with Gasteiger partial charge >= 0.3 is 0 Å². The molecule has 1 N–H and O–H groups in total. The maximum absolute atomic E-state index is 13.6. The molecule has 0 aliphatic carbocycles. The highest BCUT2D eigenvalue weighted by Crippen LogP contribution is 2.21. The molecule has 5 nitrogen and oxygen atoms in total. The van der Waals surface area contributed by atoms with Gasteiger partial charge in [-0.1, -0.05) is 28.1 Å². The van der Waals surface area contributed by atoms with E-state index in [2.05, 4.69) is 26.2 Å². The normalized spacial score (nSPS) is 11.2. The lowest BCUT2D eigenvalue weighted by atomic mass is 10.2. The number of benzene rings is 2. The van der Waals surface area contributed by atoms with Crippen LogP contribution in [0.4, 0.5) is 10.1 Å². The van der Waals surface area contributed by atoms with Gasteiger partial charge in [-0.25, -0.2) is 17.8 Å². The van der Waals surface area contributed by atoms with Crippen molar-refractivity contribution in [2.75, 3.05) is 5.32 Å². The van der Waals surface area contributed by atoms with Crippen LogP contribution in [0.3, 0.4) is 0 Å². The molecule has 132 valence electrons. The second-order valence-corrected chi connectivity index (χ2v) is 8.09. The molecule has 0 saturated heterocycles. The highest BCUT2D eigenvalue weighted by atomic mass is 79.9. The number of nitrogens with zero attached hydrogens (tertiary/aromatic N) is 1. The lowest BCUT2D eigenvalue weighted by molar-refractivity contribution is 0.102. The molecule has 3 rings (SSSR count). The van der Waals surface area contributed by atoms with Crippen molar-refractivity contribution in [2.24, 2.45) is 0 Å². The van der Waals surface area contributed by atoms with Crippen molar-refractivity contribution >= 4 is 37.4 Å². The Morgan fingerprint density at radius 2 is 1.69 bits per heavy atom. The zero-order valence-electron chi connectivity index (χ0n) is 13.2. The van der Waals surface area contributed by atoms with Gasteiger partial charge in [0, 0.05) is 10.7 Å². The fraction of sp³-hybridized carbons (Fsp3) is 0. The minimum atomic E-state index is -3.79. The van der Waals surface area contributed by atoms with Crippen LogP contribution in [0.15, 0.2) is 81.3 Å². The molecule has 0 bridgehead atoms. The lowest BCUT2D eigenvalue weighted by Gasteiger charge is -2.07. The average Bonchev–Trinajstić information content (AvgIpc) is 2.64. The first-order valence-corrected chi connectivity index (χ1v) is 9.68. The lowest BCUT2D eigenvalue weighted by Crippen LogP contribution is -2.14. The maximum atomic E-state index is 13.6. The van der Waals surface area contributed by atoms with E-state index in [4.69, 9.17) is 0 Å². The number of sulfone groups is 1. The van der Waals surface area contributed by atoms with Gasteiger partial charge in [-0.3, -0.25) is 4.79 Å². The van der Waals surface area contributed by atoms with Crippen molar-refractivity contribution in [3.63, 3.8) is 0 Å². The molecule has 1 heterocycles. The summed E-state index contributed by atoms with van der Waals surface area (Å²) in [5.74, 6) is -1.15. The zero-order chi connectivity index (χ0) is 18.7. The maximum Gasteiger partial charge on any atom is 0.257 e. The van der Waals surface area contributed by atoms with E-state index in [0.717, 1.165) is 10.7 Å². The third kappa shape index (κ3) is 3.81. The highest BCUT2D eigenvalue weighted by molar-refractivity contribution is 9.10. The van der Waals surface area contributed by atoms with Gasteiger partial charge in [0.15, 0.2) is 5.03 Å². The molecular weight excluding hydrogens is 423 g/mol. The molecule has 0 radical (unpaired) electrons. The van der Waals surface area contributed by atoms with Gasteiger partial charge in [0.2, 0.25) is 9.84 Å². The highest BCUT2D eigenvalue weighted by Gasteiger charge is 2.20. The summed E-state index contributed by atoms with van der Waals surface area (Å²) < 4.78 is 39.4. The van der Waals surface area contributed by atoms with Crippen LogP contribution in [0.5, 0.6) is 0 Å². The van der Waals surface area contributed by atoms with Gasteiger partial charge in [-0.15, -0.1) is 0 Å². The third-order valence-electron chi connectivity index (χ3n) is 3.52. The number of carbonyl (C=O) groups is 1. The number of hydrogen-bond acceptors (Lipinski definition) is 4. The Balaban J connectivity index is 1.83. The molecule has 0 aliphatic rings. The number of hydrogen-bond donors (Lipinski definition) is 1. The molecule has 0 unspecified atom stereocenters. The number of aromatic nitrogens is 1. The molecular formula is C18H12BrFN2O3S. The van der Waals surface area contributed by atoms with Crippen molar-refractivity contribution in [1.82, 2.24) is 4.98 Å². The molecule has 0 saturated carbocycles. The molecule has 8 heteroatoms. The Hall–Kier alpha value is -2.58. The fourth-order valence-corrected chi connectivity index (χ4v) is 3.60. The fourth-order valence-electron chi connectivity index (χ4n) is 2.17. The Morgan fingerprint density at radius 3 is 2.31 bits per heavy atom. The number of carbonyl (C=O) groups excluding carboxylic acids is 1. The van der Waals surface area contributed by atoms with Crippen LogP contribution in [0.2, 0.25) is 0 Å². The van der Waals surface area contributed by atoms with Gasteiger partial charge < -0.3 is 5.32 Å². The van der Waals surface area contributed by atoms with Crippen LogP contribution >= 0.6 is 15.9 Å². The van der Waals surface area contributed by atoms with Crippen LogP contribution < -0.4 is 5.32 Å². The third-order valence-corrected chi connectivity index (χ3v) is 5.73. The van der Waals surface area contributed by atoms with Crippen molar-refractivity contribution in [3.05, 3.63) is 82.7 Å². The molecule has 0 aliphatic heterocycles. The van der Waals surface area contributed by atoms with Crippen LogP contribution in [-0.2, 0) is 9.84 Å². The summed E-state index contributed by atoms with van der Waals surface area (Å²) in [6.45, 7) is 0. The van der Waals surface area contributed by atoms with Crippen molar-refractivity contribution in [1.29, 1.82) is 0 Å². The van der Waals surface area contributed by atoms with Gasteiger partial charge in [0.05, 0.1) is 16.1 Å². The number of rotatable bonds is 4. The molecule has 3 aromatic rings. The molecule has 1 aromatic heterocycles. The van der Waals surface area contributed by atoms with Crippen LogP contribution in [0.25, 0.3) is 0 Å². The summed E-state index contributed by atoms with van der Waals surface area (Å²) in [5.41, 5.74) is 0.145. The van der Waals surface area contributed by atoms with Crippen LogP contribution in [-0.4, -0.2) is 19.3 Å². The van der Waals surface area contributed by atoms with Crippen molar-refractivity contribution in [3.8, 4) is 0 Å². The minimum Gasteiger partial charge on any atom is -0.319 e. The molecule has 0 spiro atoms. The minimum absolute atomic E-state index is 0.0315. The number of para-hydroxylation sites is 1. The first-order chi connectivity index (χ1) is 12.4. The summed E-state index contributed by atoms with van der Waals surface area (Å²) in [5, 5.41) is 2.24. The number of halogens is 2. The summed E-state index contributed by atoms with van der Waals surface area (Å²) in [7, 11) is -3.79. The van der Waals surface area contributed by atoms with E-state index in [-0.39, 0.29) is 21.2 Å². The van der Waals surface area contributed by atoms with E-state index in [9.17, 15) is 17.6 Å². The Kier molecular flexibility index (Phi) is 5.15. The summed E-state index contributed by atoms with van der Waals surface area (Å²) >= 11 is 3.24. The predicted molar refractivity (Wildman–Crippen MR) is 98.2 cm³/mol. The number of pyridine rings is 1. The first-order valence-electron chi connectivity index (χ1n) is 7.40. The molecule has 0 fully saturated rings. The zero-order valence-corrected chi connectivity index (χ0v) is 15.6. The largest absolute Gasteiger partial charge is 0.319 e. The summed E-state index contributed by atoms with van der Waals surface area (Å²) in [6.07, 6.45) is 1.14. The van der Waals surface area contributed by atoms with Gasteiger partial charge in [-0.05, 0) is 48.5 Å². The Morgan fingerprint density at radius 1 is 1.00 bits per heavy atom. The van der Waals surface area contributed by atoms with Crippen LogP contribution in [0.1, 0.15) is 10.4 Å². The van der Waals surface area contributed by atoms with E-state index in [0.29, 0.717) is 0 Å². The van der Waals surface area contributed by atoms with E-state index >= 15 is 0 Å².